The molecule has 0 aromatic heterocycles. The van der Waals surface area contributed by atoms with Gasteiger partial charge in [-0.2, -0.15) is 0 Å². The first kappa shape index (κ1) is 15.5. The summed E-state index contributed by atoms with van der Waals surface area (Å²) in [6, 6.07) is 8.96. The maximum absolute atomic E-state index is 11.5. The summed E-state index contributed by atoms with van der Waals surface area (Å²) >= 11 is 1.23. The van der Waals surface area contributed by atoms with Crippen molar-refractivity contribution in [3.8, 4) is 0 Å². The zero-order chi connectivity index (χ0) is 14.1. The van der Waals surface area contributed by atoms with E-state index in [4.69, 9.17) is 10.8 Å². The number of nitrogens with two attached hydrogens (primary N) is 1. The molecule has 0 saturated carbocycles. The van der Waals surface area contributed by atoms with Crippen molar-refractivity contribution < 1.29 is 14.7 Å². The summed E-state index contributed by atoms with van der Waals surface area (Å²) < 4.78 is 0. The Morgan fingerprint density at radius 1 is 1.32 bits per heavy atom. The Bertz CT molecular complexity index is 412. The molecule has 0 saturated heterocycles. The van der Waals surface area contributed by atoms with Crippen LogP contribution >= 0.6 is 11.8 Å². The second-order valence-electron chi connectivity index (χ2n) is 4.05. The van der Waals surface area contributed by atoms with Crippen LogP contribution in [-0.4, -0.2) is 41.1 Å². The van der Waals surface area contributed by atoms with Crippen LogP contribution in [-0.2, 0) is 16.0 Å². The van der Waals surface area contributed by atoms with Crippen LogP contribution in [0.4, 0.5) is 0 Å². The van der Waals surface area contributed by atoms with Crippen molar-refractivity contribution in [1.29, 1.82) is 0 Å². The van der Waals surface area contributed by atoms with Gasteiger partial charge in [-0.3, -0.25) is 9.59 Å². The van der Waals surface area contributed by atoms with Gasteiger partial charge in [0.2, 0.25) is 5.91 Å². The van der Waals surface area contributed by atoms with Crippen molar-refractivity contribution in [1.82, 2.24) is 5.32 Å². The lowest BCUT2D eigenvalue weighted by molar-refractivity contribution is -0.138. The molecule has 1 aromatic rings. The predicted molar refractivity (Wildman–Crippen MR) is 76.1 cm³/mol. The standard InChI is InChI=1S/C13H18N2O3S/c14-11(13(17)18)8-19-9-12(16)15-7-6-10-4-2-1-3-5-10/h1-5,11H,6-9,14H2,(H,15,16)(H,17,18)/t11-/m1/s1. The number of amides is 1. The van der Waals surface area contributed by atoms with E-state index in [9.17, 15) is 9.59 Å². The fraction of sp³-hybridized carbons (Fsp3) is 0.385. The lowest BCUT2D eigenvalue weighted by atomic mass is 10.1. The van der Waals surface area contributed by atoms with Crippen molar-refractivity contribution in [3.05, 3.63) is 35.9 Å². The molecule has 5 nitrogen and oxygen atoms in total. The lowest BCUT2D eigenvalue weighted by Crippen LogP contribution is -2.33. The van der Waals surface area contributed by atoms with E-state index < -0.39 is 12.0 Å². The van der Waals surface area contributed by atoms with Gasteiger partial charge in [0, 0.05) is 12.3 Å². The highest BCUT2D eigenvalue weighted by Gasteiger charge is 2.11. The second kappa shape index (κ2) is 8.55. The van der Waals surface area contributed by atoms with E-state index in [1.54, 1.807) is 0 Å². The van der Waals surface area contributed by atoms with Crippen LogP contribution < -0.4 is 11.1 Å². The predicted octanol–water partition coefficient (Wildman–Crippen LogP) is 0.490. The second-order valence-corrected chi connectivity index (χ2v) is 5.08. The summed E-state index contributed by atoms with van der Waals surface area (Å²) in [5, 5.41) is 11.4. The van der Waals surface area contributed by atoms with Crippen LogP contribution in [0.5, 0.6) is 0 Å². The Kier molecular flexibility index (Phi) is 6.99. The van der Waals surface area contributed by atoms with Gasteiger partial charge in [0.1, 0.15) is 6.04 Å². The Balaban J connectivity index is 2.10. The fourth-order valence-corrected chi connectivity index (χ4v) is 2.19. The Morgan fingerprint density at radius 2 is 2.00 bits per heavy atom. The van der Waals surface area contributed by atoms with Crippen molar-refractivity contribution in [2.75, 3.05) is 18.1 Å². The molecule has 1 aromatic carbocycles. The van der Waals surface area contributed by atoms with Crippen LogP contribution in [0, 0.1) is 0 Å². The molecule has 0 aliphatic heterocycles. The van der Waals surface area contributed by atoms with Gasteiger partial charge >= 0.3 is 5.97 Å². The van der Waals surface area contributed by atoms with E-state index in [0.29, 0.717) is 6.54 Å². The number of carbonyl (C=O) groups excluding carboxylic acids is 1. The zero-order valence-corrected chi connectivity index (χ0v) is 11.4. The molecule has 1 amide bonds. The van der Waals surface area contributed by atoms with Crippen LogP contribution in [0.25, 0.3) is 0 Å². The maximum Gasteiger partial charge on any atom is 0.321 e. The van der Waals surface area contributed by atoms with Gasteiger partial charge in [-0.1, -0.05) is 30.3 Å². The van der Waals surface area contributed by atoms with Crippen molar-refractivity contribution in [2.24, 2.45) is 5.73 Å². The summed E-state index contributed by atoms with van der Waals surface area (Å²) in [5.74, 6) is -0.674. The third kappa shape index (κ3) is 6.83. The monoisotopic (exact) mass is 282 g/mol. The molecule has 0 heterocycles. The number of thioether (sulfide) groups is 1. The van der Waals surface area contributed by atoms with Crippen LogP contribution in [0.3, 0.4) is 0 Å². The quantitative estimate of drug-likeness (QED) is 0.645. The average molecular weight is 282 g/mol. The number of hydrogen-bond donors (Lipinski definition) is 3. The number of carboxylic acid groups (broad SMARTS) is 1. The first-order valence-electron chi connectivity index (χ1n) is 5.96. The molecule has 19 heavy (non-hydrogen) atoms. The minimum absolute atomic E-state index is 0.0986. The smallest absolute Gasteiger partial charge is 0.321 e. The number of carbonyl (C=O) groups is 2. The molecule has 4 N–H and O–H groups in total. The first-order valence-corrected chi connectivity index (χ1v) is 7.12. The molecule has 0 bridgehead atoms. The summed E-state index contributed by atoms with van der Waals surface area (Å²) in [6.07, 6.45) is 0.784. The highest BCUT2D eigenvalue weighted by Crippen LogP contribution is 2.02. The Labute approximate surface area is 116 Å². The molecule has 0 aliphatic carbocycles. The minimum atomic E-state index is -1.04. The first-order chi connectivity index (χ1) is 9.09. The van der Waals surface area contributed by atoms with Gasteiger partial charge in [-0.05, 0) is 12.0 Å². The molecule has 1 rings (SSSR count). The Hall–Kier alpha value is -1.53. The molecule has 1 atom stereocenters. The Morgan fingerprint density at radius 3 is 2.63 bits per heavy atom. The number of hydrogen-bond acceptors (Lipinski definition) is 4. The highest BCUT2D eigenvalue weighted by atomic mass is 32.2. The fourth-order valence-electron chi connectivity index (χ4n) is 1.39. The largest absolute Gasteiger partial charge is 0.480 e. The van der Waals surface area contributed by atoms with E-state index in [0.717, 1.165) is 6.42 Å². The molecular formula is C13H18N2O3S. The number of nitrogens with one attached hydrogen (secondary N) is 1. The third-order valence-electron chi connectivity index (χ3n) is 2.43. The van der Waals surface area contributed by atoms with E-state index in [-0.39, 0.29) is 17.4 Å². The van der Waals surface area contributed by atoms with Crippen molar-refractivity contribution in [2.45, 2.75) is 12.5 Å². The van der Waals surface area contributed by atoms with Gasteiger partial charge in [-0.15, -0.1) is 11.8 Å². The van der Waals surface area contributed by atoms with Crippen LogP contribution in [0.15, 0.2) is 30.3 Å². The van der Waals surface area contributed by atoms with Crippen molar-refractivity contribution in [3.63, 3.8) is 0 Å². The van der Waals surface area contributed by atoms with E-state index in [1.165, 1.54) is 17.3 Å². The van der Waals surface area contributed by atoms with Gasteiger partial charge < -0.3 is 16.2 Å². The summed E-state index contributed by atoms with van der Waals surface area (Å²) in [5.41, 5.74) is 6.50. The van der Waals surface area contributed by atoms with E-state index in [1.807, 2.05) is 30.3 Å². The minimum Gasteiger partial charge on any atom is -0.480 e. The molecule has 0 unspecified atom stereocenters. The number of benzene rings is 1. The number of rotatable bonds is 8. The molecule has 6 heteroatoms. The maximum atomic E-state index is 11.5. The third-order valence-corrected chi connectivity index (χ3v) is 3.49. The molecule has 104 valence electrons. The lowest BCUT2D eigenvalue weighted by Gasteiger charge is -2.07. The summed E-state index contributed by atoms with van der Waals surface area (Å²) in [7, 11) is 0. The van der Waals surface area contributed by atoms with Gasteiger partial charge in [0.25, 0.3) is 0 Å². The molecule has 0 radical (unpaired) electrons. The molecule has 0 spiro atoms. The number of aliphatic carboxylic acids is 1. The summed E-state index contributed by atoms with van der Waals surface area (Å²) in [6.45, 7) is 0.578. The topological polar surface area (TPSA) is 92.4 Å². The zero-order valence-electron chi connectivity index (χ0n) is 10.5. The van der Waals surface area contributed by atoms with Gasteiger partial charge in [0.15, 0.2) is 0 Å². The summed E-state index contributed by atoms with van der Waals surface area (Å²) in [4.78, 5) is 21.9. The SMILES string of the molecule is N[C@H](CSCC(=O)NCCc1ccccc1)C(=O)O. The normalized spacial score (nSPS) is 11.8. The van der Waals surface area contributed by atoms with Crippen molar-refractivity contribution >= 4 is 23.6 Å². The number of carboxylic acids is 1. The highest BCUT2D eigenvalue weighted by molar-refractivity contribution is 8.00. The average Bonchev–Trinajstić information content (AvgIpc) is 2.39. The van der Waals surface area contributed by atoms with Gasteiger partial charge in [-0.25, -0.2) is 0 Å². The van der Waals surface area contributed by atoms with Gasteiger partial charge in [0.05, 0.1) is 5.75 Å². The molecule has 0 aliphatic rings. The molecular weight excluding hydrogens is 264 g/mol. The van der Waals surface area contributed by atoms with Crippen LogP contribution in [0.1, 0.15) is 5.56 Å². The van der Waals surface area contributed by atoms with E-state index in [2.05, 4.69) is 5.32 Å². The van der Waals surface area contributed by atoms with Crippen LogP contribution in [0.2, 0.25) is 0 Å². The molecule has 0 fully saturated rings. The van der Waals surface area contributed by atoms with E-state index >= 15 is 0 Å².